The third-order valence-electron chi connectivity index (χ3n) is 4.40. The topological polar surface area (TPSA) is 20.3 Å². The molecule has 1 aromatic carbocycles. The molecule has 18 heavy (non-hydrogen) atoms. The van der Waals surface area contributed by atoms with Gasteiger partial charge in [0.15, 0.2) is 5.78 Å². The van der Waals surface area contributed by atoms with Crippen molar-refractivity contribution in [3.8, 4) is 0 Å². The molecule has 96 valence electrons. The first-order chi connectivity index (χ1) is 8.65. The van der Waals surface area contributed by atoms with Crippen LogP contribution in [0.15, 0.2) is 18.2 Å². The predicted octanol–water partition coefficient (Wildman–Crippen LogP) is 3.26. The average Bonchev–Trinajstić information content (AvgIpc) is 2.88. The quantitative estimate of drug-likeness (QED) is 0.748. The number of halogens is 1. The molecule has 1 saturated heterocycles. The van der Waals surface area contributed by atoms with Crippen LogP contribution >= 0.6 is 0 Å². The van der Waals surface area contributed by atoms with Crippen LogP contribution in [0.5, 0.6) is 0 Å². The van der Waals surface area contributed by atoms with Crippen molar-refractivity contribution in [2.45, 2.75) is 26.2 Å². The molecule has 0 bridgehead atoms. The van der Waals surface area contributed by atoms with E-state index in [0.29, 0.717) is 5.56 Å². The molecular formula is C15H18FNO. The number of nitrogens with zero attached hydrogens (tertiary/aromatic N) is 1. The molecule has 0 amide bonds. The van der Waals surface area contributed by atoms with E-state index in [9.17, 15) is 9.18 Å². The molecule has 2 aliphatic rings. The Morgan fingerprint density at radius 1 is 1.28 bits per heavy atom. The number of carbonyl (C=O) groups excluding carboxylic acids is 1. The summed E-state index contributed by atoms with van der Waals surface area (Å²) in [4.78, 5) is 13.9. The summed E-state index contributed by atoms with van der Waals surface area (Å²) in [5.74, 6) is 1.16. The minimum atomic E-state index is -0.330. The average molecular weight is 247 g/mol. The summed E-state index contributed by atoms with van der Waals surface area (Å²) in [6.45, 7) is 3.56. The highest BCUT2D eigenvalue weighted by atomic mass is 19.1. The molecule has 2 unspecified atom stereocenters. The zero-order valence-electron chi connectivity index (χ0n) is 10.7. The lowest BCUT2D eigenvalue weighted by Gasteiger charge is -2.22. The van der Waals surface area contributed by atoms with Gasteiger partial charge in [0.1, 0.15) is 5.82 Å². The van der Waals surface area contributed by atoms with E-state index in [1.54, 1.807) is 6.07 Å². The number of ketones is 1. The SMILES string of the molecule is CC(=O)c1cc(F)ccc1N1CC2CCCC2C1. The predicted molar refractivity (Wildman–Crippen MR) is 69.4 cm³/mol. The van der Waals surface area contributed by atoms with Crippen LogP contribution in [0.25, 0.3) is 0 Å². The number of Topliss-reactive ketones (excluding diaryl/α,β-unsaturated/α-hetero) is 1. The molecular weight excluding hydrogens is 229 g/mol. The summed E-state index contributed by atoms with van der Waals surface area (Å²) >= 11 is 0. The Balaban J connectivity index is 1.90. The third kappa shape index (κ3) is 1.92. The fraction of sp³-hybridized carbons (Fsp3) is 0.533. The molecule has 1 saturated carbocycles. The summed E-state index contributed by atoms with van der Waals surface area (Å²) in [6.07, 6.45) is 3.95. The molecule has 3 rings (SSSR count). The second-order valence-electron chi connectivity index (χ2n) is 5.57. The number of hydrogen-bond acceptors (Lipinski definition) is 2. The van der Waals surface area contributed by atoms with E-state index in [1.165, 1.54) is 38.3 Å². The van der Waals surface area contributed by atoms with Crippen molar-refractivity contribution in [2.24, 2.45) is 11.8 Å². The minimum Gasteiger partial charge on any atom is -0.370 e. The van der Waals surface area contributed by atoms with E-state index in [4.69, 9.17) is 0 Å². The van der Waals surface area contributed by atoms with Gasteiger partial charge in [0.2, 0.25) is 0 Å². The number of rotatable bonds is 2. The maximum absolute atomic E-state index is 13.3. The van der Waals surface area contributed by atoms with Crippen LogP contribution in [-0.2, 0) is 0 Å². The highest BCUT2D eigenvalue weighted by Gasteiger charge is 2.36. The second-order valence-corrected chi connectivity index (χ2v) is 5.57. The van der Waals surface area contributed by atoms with Gasteiger partial charge in [-0.05, 0) is 49.8 Å². The Labute approximate surface area is 107 Å². The molecule has 1 aliphatic heterocycles. The molecule has 1 aromatic rings. The number of hydrogen-bond donors (Lipinski definition) is 0. The van der Waals surface area contributed by atoms with Gasteiger partial charge in [-0.1, -0.05) is 6.42 Å². The maximum atomic E-state index is 13.3. The van der Waals surface area contributed by atoms with Gasteiger partial charge in [-0.2, -0.15) is 0 Å². The van der Waals surface area contributed by atoms with Crippen molar-refractivity contribution in [1.29, 1.82) is 0 Å². The van der Waals surface area contributed by atoms with Gasteiger partial charge in [-0.3, -0.25) is 4.79 Å². The van der Waals surface area contributed by atoms with Gasteiger partial charge in [-0.15, -0.1) is 0 Å². The van der Waals surface area contributed by atoms with Gasteiger partial charge in [0.25, 0.3) is 0 Å². The summed E-state index contributed by atoms with van der Waals surface area (Å²) in [7, 11) is 0. The Hall–Kier alpha value is -1.38. The lowest BCUT2D eigenvalue weighted by Crippen LogP contribution is -2.22. The van der Waals surface area contributed by atoms with Crippen molar-refractivity contribution in [1.82, 2.24) is 0 Å². The van der Waals surface area contributed by atoms with Gasteiger partial charge >= 0.3 is 0 Å². The van der Waals surface area contributed by atoms with Crippen molar-refractivity contribution in [3.63, 3.8) is 0 Å². The van der Waals surface area contributed by atoms with Crippen molar-refractivity contribution in [3.05, 3.63) is 29.6 Å². The van der Waals surface area contributed by atoms with E-state index in [2.05, 4.69) is 4.90 Å². The molecule has 2 fully saturated rings. The van der Waals surface area contributed by atoms with Crippen LogP contribution in [0.2, 0.25) is 0 Å². The summed E-state index contributed by atoms with van der Waals surface area (Å²) in [5, 5.41) is 0. The second kappa shape index (κ2) is 4.38. The van der Waals surface area contributed by atoms with Crippen LogP contribution in [-0.4, -0.2) is 18.9 Å². The number of anilines is 1. The highest BCUT2D eigenvalue weighted by molar-refractivity contribution is 5.99. The Morgan fingerprint density at radius 3 is 2.56 bits per heavy atom. The number of carbonyl (C=O) groups is 1. The molecule has 1 heterocycles. The monoisotopic (exact) mass is 247 g/mol. The van der Waals surface area contributed by atoms with Gasteiger partial charge < -0.3 is 4.90 Å². The molecule has 0 N–H and O–H groups in total. The minimum absolute atomic E-state index is 0.0541. The number of fused-ring (bicyclic) bond motifs is 1. The molecule has 0 radical (unpaired) electrons. The zero-order valence-corrected chi connectivity index (χ0v) is 10.7. The fourth-order valence-electron chi connectivity index (χ4n) is 3.50. The molecule has 3 heteroatoms. The van der Waals surface area contributed by atoms with E-state index < -0.39 is 0 Å². The lowest BCUT2D eigenvalue weighted by atomic mass is 10.0. The van der Waals surface area contributed by atoms with Crippen LogP contribution in [0.4, 0.5) is 10.1 Å². The van der Waals surface area contributed by atoms with Crippen LogP contribution in [0.1, 0.15) is 36.5 Å². The molecule has 2 atom stereocenters. The molecule has 1 aliphatic carbocycles. The van der Waals surface area contributed by atoms with Crippen LogP contribution in [0, 0.1) is 17.7 Å². The van der Waals surface area contributed by atoms with Crippen LogP contribution in [0.3, 0.4) is 0 Å². The summed E-state index contributed by atoms with van der Waals surface area (Å²) < 4.78 is 13.3. The van der Waals surface area contributed by atoms with E-state index >= 15 is 0 Å². The first-order valence-corrected chi connectivity index (χ1v) is 6.70. The third-order valence-corrected chi connectivity index (χ3v) is 4.40. The summed E-state index contributed by atoms with van der Waals surface area (Å²) in [6, 6.07) is 4.58. The molecule has 2 nitrogen and oxygen atoms in total. The largest absolute Gasteiger partial charge is 0.370 e. The highest BCUT2D eigenvalue weighted by Crippen LogP contribution is 2.40. The lowest BCUT2D eigenvalue weighted by molar-refractivity contribution is 0.101. The molecule has 0 spiro atoms. The van der Waals surface area contributed by atoms with Crippen molar-refractivity contribution in [2.75, 3.05) is 18.0 Å². The van der Waals surface area contributed by atoms with Crippen molar-refractivity contribution < 1.29 is 9.18 Å². The van der Waals surface area contributed by atoms with E-state index in [1.807, 2.05) is 0 Å². The van der Waals surface area contributed by atoms with Crippen molar-refractivity contribution >= 4 is 11.5 Å². The Morgan fingerprint density at radius 2 is 1.94 bits per heavy atom. The van der Waals surface area contributed by atoms with Gasteiger partial charge in [0.05, 0.1) is 0 Å². The Kier molecular flexibility index (Phi) is 2.84. The number of benzene rings is 1. The van der Waals surface area contributed by atoms with Gasteiger partial charge in [-0.25, -0.2) is 4.39 Å². The summed E-state index contributed by atoms with van der Waals surface area (Å²) in [5.41, 5.74) is 1.44. The van der Waals surface area contributed by atoms with E-state index in [-0.39, 0.29) is 11.6 Å². The van der Waals surface area contributed by atoms with Gasteiger partial charge in [0, 0.05) is 24.3 Å². The first-order valence-electron chi connectivity index (χ1n) is 6.70. The zero-order chi connectivity index (χ0) is 12.7. The normalized spacial score (nSPS) is 26.4. The fourth-order valence-corrected chi connectivity index (χ4v) is 3.50. The Bertz CT molecular complexity index is 473. The molecule has 0 aromatic heterocycles. The van der Waals surface area contributed by atoms with E-state index in [0.717, 1.165) is 30.6 Å². The maximum Gasteiger partial charge on any atom is 0.161 e. The standard InChI is InChI=1S/C15H18FNO/c1-10(18)14-7-13(16)5-6-15(14)17-8-11-3-2-4-12(11)9-17/h5-7,11-12H,2-4,8-9H2,1H3. The smallest absolute Gasteiger partial charge is 0.161 e. The van der Waals surface area contributed by atoms with Crippen LogP contribution < -0.4 is 4.90 Å². The first kappa shape index (κ1) is 11.7.